The molecule has 0 saturated carbocycles. The molecule has 2 rings (SSSR count). The van der Waals surface area contributed by atoms with Gasteiger partial charge in [-0.1, -0.05) is 17.7 Å². The summed E-state index contributed by atoms with van der Waals surface area (Å²) >= 11 is 3.03. The maximum Gasteiger partial charge on any atom is 0.219 e. The summed E-state index contributed by atoms with van der Waals surface area (Å²) in [4.78, 5) is 3.86. The molecule has 0 fully saturated rings. The summed E-state index contributed by atoms with van der Waals surface area (Å²) in [6, 6.07) is 7.38. The normalized spacial score (nSPS) is 17.5. The molecular formula is C11H10BrNO3S. The van der Waals surface area contributed by atoms with Gasteiger partial charge in [-0.15, -0.1) is 0 Å². The summed E-state index contributed by atoms with van der Waals surface area (Å²) in [5.74, 6) is 0.622. The molecule has 0 N–H and O–H groups in total. The lowest BCUT2D eigenvalue weighted by Crippen LogP contribution is -2.17. The third kappa shape index (κ3) is 2.95. The van der Waals surface area contributed by atoms with Crippen molar-refractivity contribution >= 4 is 30.8 Å². The van der Waals surface area contributed by atoms with Crippen LogP contribution in [0.4, 0.5) is 0 Å². The monoisotopic (exact) mass is 315 g/mol. The molecule has 0 amide bonds. The highest BCUT2D eigenvalue weighted by molar-refractivity contribution is 9.11. The molecule has 1 aliphatic heterocycles. The van der Waals surface area contributed by atoms with E-state index < -0.39 is 9.84 Å². The Balaban J connectivity index is 2.05. The molecule has 0 saturated heterocycles. The lowest BCUT2D eigenvalue weighted by atomic mass is 10.2. The molecule has 1 aliphatic rings. The van der Waals surface area contributed by atoms with E-state index in [1.807, 2.05) is 19.1 Å². The lowest BCUT2D eigenvalue weighted by molar-refractivity contribution is 0.378. The number of ether oxygens (including phenoxy) is 1. The van der Waals surface area contributed by atoms with E-state index in [9.17, 15) is 8.42 Å². The van der Waals surface area contributed by atoms with Crippen LogP contribution in [-0.2, 0) is 9.84 Å². The molecule has 0 bridgehead atoms. The van der Waals surface area contributed by atoms with E-state index in [4.69, 9.17) is 4.74 Å². The van der Waals surface area contributed by atoms with E-state index in [0.29, 0.717) is 10.4 Å². The predicted molar refractivity (Wildman–Crippen MR) is 70.0 cm³/mol. The minimum Gasteiger partial charge on any atom is -0.487 e. The van der Waals surface area contributed by atoms with Crippen molar-refractivity contribution in [2.45, 2.75) is 6.92 Å². The molecule has 0 spiro atoms. The van der Waals surface area contributed by atoms with Gasteiger partial charge in [0.25, 0.3) is 0 Å². The molecule has 0 radical (unpaired) electrons. The van der Waals surface area contributed by atoms with Crippen LogP contribution in [0.1, 0.15) is 5.56 Å². The molecule has 4 nitrogen and oxygen atoms in total. The molecule has 1 aromatic rings. The number of aryl methyl sites for hydroxylation is 1. The van der Waals surface area contributed by atoms with Crippen molar-refractivity contribution in [1.82, 2.24) is 0 Å². The average Bonchev–Trinajstić information content (AvgIpc) is 2.51. The van der Waals surface area contributed by atoms with Gasteiger partial charge in [-0.3, -0.25) is 0 Å². The van der Waals surface area contributed by atoms with Gasteiger partial charge in [0.05, 0.1) is 5.41 Å². The van der Waals surface area contributed by atoms with Gasteiger partial charge >= 0.3 is 0 Å². The van der Waals surface area contributed by atoms with Crippen LogP contribution in [0.25, 0.3) is 0 Å². The van der Waals surface area contributed by atoms with Gasteiger partial charge in [0.15, 0.2) is 5.04 Å². The van der Waals surface area contributed by atoms with Crippen LogP contribution in [0.3, 0.4) is 0 Å². The summed E-state index contributed by atoms with van der Waals surface area (Å²) in [6.45, 7) is 1.91. The van der Waals surface area contributed by atoms with E-state index in [1.54, 1.807) is 12.1 Å². The Hall–Kier alpha value is -1.14. The Kier molecular flexibility index (Phi) is 3.35. The first kappa shape index (κ1) is 12.3. The van der Waals surface area contributed by atoms with Crippen molar-refractivity contribution in [1.29, 1.82) is 0 Å². The molecule has 0 aliphatic carbocycles. The molecule has 0 aromatic heterocycles. The van der Waals surface area contributed by atoms with Crippen LogP contribution in [0.2, 0.25) is 0 Å². The molecule has 1 heterocycles. The Morgan fingerprint density at radius 2 is 1.94 bits per heavy atom. The molecule has 6 heteroatoms. The van der Waals surface area contributed by atoms with Crippen molar-refractivity contribution < 1.29 is 13.2 Å². The van der Waals surface area contributed by atoms with E-state index in [2.05, 4.69) is 20.9 Å². The van der Waals surface area contributed by atoms with Gasteiger partial charge < -0.3 is 4.74 Å². The van der Waals surface area contributed by atoms with Gasteiger partial charge in [0, 0.05) is 0 Å². The van der Waals surface area contributed by atoms with Crippen molar-refractivity contribution in [2.75, 3.05) is 6.61 Å². The Labute approximate surface area is 108 Å². The van der Waals surface area contributed by atoms with Crippen LogP contribution >= 0.6 is 15.9 Å². The second-order valence-electron chi connectivity index (χ2n) is 3.59. The molecule has 1 aromatic carbocycles. The molecule has 90 valence electrons. The third-order valence-corrected chi connectivity index (χ3v) is 4.30. The molecule has 0 unspecified atom stereocenters. The quantitative estimate of drug-likeness (QED) is 0.805. The first-order valence-electron chi connectivity index (χ1n) is 4.87. The zero-order chi connectivity index (χ0) is 12.5. The highest BCUT2D eigenvalue weighted by atomic mass is 79.9. The second-order valence-corrected chi connectivity index (χ2v) is 6.20. The summed E-state index contributed by atoms with van der Waals surface area (Å²) in [6.07, 6.45) is 0. The zero-order valence-electron chi connectivity index (χ0n) is 9.05. The van der Waals surface area contributed by atoms with E-state index in [0.717, 1.165) is 11.0 Å². The third-order valence-electron chi connectivity index (χ3n) is 2.20. The van der Waals surface area contributed by atoms with Gasteiger partial charge in [-0.25, -0.2) is 13.4 Å². The molecular weight excluding hydrogens is 306 g/mol. The Morgan fingerprint density at radius 1 is 1.29 bits per heavy atom. The first-order chi connectivity index (χ1) is 7.97. The fraction of sp³-hybridized carbons (Fsp3) is 0.182. The van der Waals surface area contributed by atoms with E-state index in [1.165, 1.54) is 0 Å². The van der Waals surface area contributed by atoms with Crippen LogP contribution in [0.5, 0.6) is 5.75 Å². The zero-order valence-corrected chi connectivity index (χ0v) is 11.5. The highest BCUT2D eigenvalue weighted by Gasteiger charge is 2.24. The van der Waals surface area contributed by atoms with Crippen molar-refractivity contribution in [3.63, 3.8) is 0 Å². The summed E-state index contributed by atoms with van der Waals surface area (Å²) < 4.78 is 28.7. The summed E-state index contributed by atoms with van der Waals surface area (Å²) in [7, 11) is -3.40. The van der Waals surface area contributed by atoms with Crippen LogP contribution < -0.4 is 4.74 Å². The SMILES string of the molecule is Cc1ccc(OCC2=NC(Br)=CS2(=O)=O)cc1. The molecule has 17 heavy (non-hydrogen) atoms. The van der Waals surface area contributed by atoms with Crippen LogP contribution in [-0.4, -0.2) is 20.1 Å². The number of aliphatic imine (C=N–C) groups is 1. The average molecular weight is 316 g/mol. The minimum atomic E-state index is -3.40. The topological polar surface area (TPSA) is 55.7 Å². The van der Waals surface area contributed by atoms with Gasteiger partial charge in [0.2, 0.25) is 9.84 Å². The van der Waals surface area contributed by atoms with E-state index in [-0.39, 0.29) is 11.7 Å². The number of nitrogens with zero attached hydrogens (tertiary/aromatic N) is 1. The van der Waals surface area contributed by atoms with Crippen molar-refractivity contribution in [3.8, 4) is 5.75 Å². The lowest BCUT2D eigenvalue weighted by Gasteiger charge is -2.05. The van der Waals surface area contributed by atoms with Crippen molar-refractivity contribution in [3.05, 3.63) is 39.8 Å². The van der Waals surface area contributed by atoms with Crippen LogP contribution in [0.15, 0.2) is 39.3 Å². The molecule has 0 atom stereocenters. The first-order valence-corrected chi connectivity index (χ1v) is 7.21. The second kappa shape index (κ2) is 4.62. The largest absolute Gasteiger partial charge is 0.487 e. The smallest absolute Gasteiger partial charge is 0.219 e. The number of sulfone groups is 1. The number of halogens is 1. The fourth-order valence-corrected chi connectivity index (χ4v) is 3.26. The Bertz CT molecular complexity index is 588. The van der Waals surface area contributed by atoms with Crippen molar-refractivity contribution in [2.24, 2.45) is 4.99 Å². The number of hydrogen-bond acceptors (Lipinski definition) is 4. The Morgan fingerprint density at radius 3 is 2.47 bits per heavy atom. The van der Waals surface area contributed by atoms with Gasteiger partial charge in [0.1, 0.15) is 17.0 Å². The summed E-state index contributed by atoms with van der Waals surface area (Å²) in [5, 5.41) is 1.09. The predicted octanol–water partition coefficient (Wildman–Crippen LogP) is 2.39. The van der Waals surface area contributed by atoms with Gasteiger partial charge in [-0.05, 0) is 35.0 Å². The number of hydrogen-bond donors (Lipinski definition) is 0. The maximum atomic E-state index is 11.5. The van der Waals surface area contributed by atoms with Gasteiger partial charge in [-0.2, -0.15) is 0 Å². The summed E-state index contributed by atoms with van der Waals surface area (Å²) in [5.41, 5.74) is 1.12. The standard InChI is InChI=1S/C11H10BrNO3S/c1-8-2-4-9(5-3-8)16-6-11-13-10(12)7-17(11,14)15/h2-5,7H,6H2,1H3. The number of benzene rings is 1. The number of rotatable bonds is 3. The minimum absolute atomic E-state index is 0.0185. The highest BCUT2D eigenvalue weighted by Crippen LogP contribution is 2.20. The van der Waals surface area contributed by atoms with E-state index >= 15 is 0 Å². The fourth-order valence-electron chi connectivity index (χ4n) is 1.30. The van der Waals surface area contributed by atoms with Crippen LogP contribution in [0, 0.1) is 6.92 Å². The maximum absolute atomic E-state index is 11.5.